The summed E-state index contributed by atoms with van der Waals surface area (Å²) in [5.74, 6) is 2.25. The van der Waals surface area contributed by atoms with E-state index in [-0.39, 0.29) is 12.6 Å². The summed E-state index contributed by atoms with van der Waals surface area (Å²) in [7, 11) is 1.30. The number of furan rings is 1. The second kappa shape index (κ2) is 6.87. The van der Waals surface area contributed by atoms with Crippen molar-refractivity contribution in [2.75, 3.05) is 13.9 Å². The number of fused-ring (bicyclic) bond motifs is 1. The van der Waals surface area contributed by atoms with Crippen molar-refractivity contribution in [3.05, 3.63) is 59.9 Å². The number of esters is 1. The van der Waals surface area contributed by atoms with Crippen molar-refractivity contribution < 1.29 is 33.0 Å². The van der Waals surface area contributed by atoms with Crippen LogP contribution in [0.1, 0.15) is 20.9 Å². The first-order valence-electron chi connectivity index (χ1n) is 8.03. The molecule has 0 unspecified atom stereocenters. The van der Waals surface area contributed by atoms with Gasteiger partial charge in [0.1, 0.15) is 17.3 Å². The third kappa shape index (κ3) is 3.22. The van der Waals surface area contributed by atoms with Crippen molar-refractivity contribution in [2.24, 2.45) is 0 Å². The van der Waals surface area contributed by atoms with Gasteiger partial charge in [-0.25, -0.2) is 4.79 Å². The van der Waals surface area contributed by atoms with E-state index in [1.54, 1.807) is 42.5 Å². The third-order valence-electron chi connectivity index (χ3n) is 3.98. The summed E-state index contributed by atoms with van der Waals surface area (Å²) in [4.78, 5) is 22.8. The Bertz CT molecular complexity index is 1020. The monoisotopic (exact) mass is 366 g/mol. The zero-order valence-corrected chi connectivity index (χ0v) is 14.3. The van der Waals surface area contributed by atoms with Gasteiger partial charge in [-0.15, -0.1) is 0 Å². The molecule has 136 valence electrons. The fourth-order valence-electron chi connectivity index (χ4n) is 2.68. The van der Waals surface area contributed by atoms with Crippen LogP contribution in [0.25, 0.3) is 11.3 Å². The Morgan fingerprint density at radius 3 is 2.67 bits per heavy atom. The number of hydrogen-bond acceptors (Lipinski definition) is 7. The molecule has 27 heavy (non-hydrogen) atoms. The summed E-state index contributed by atoms with van der Waals surface area (Å²) in [5, 5.41) is 0. The van der Waals surface area contributed by atoms with E-state index in [9.17, 15) is 9.59 Å². The maximum absolute atomic E-state index is 11.9. The molecule has 0 fully saturated rings. The molecule has 2 heterocycles. The van der Waals surface area contributed by atoms with Crippen LogP contribution in [0, 0.1) is 0 Å². The number of hydrogen-bond donors (Lipinski definition) is 0. The summed E-state index contributed by atoms with van der Waals surface area (Å²) in [6.07, 6.45) is 0.603. The van der Waals surface area contributed by atoms with Crippen LogP contribution in [0.4, 0.5) is 0 Å². The molecular weight excluding hydrogens is 352 g/mol. The molecule has 0 atom stereocenters. The van der Waals surface area contributed by atoms with Crippen molar-refractivity contribution >= 4 is 12.3 Å². The fourth-order valence-corrected chi connectivity index (χ4v) is 2.68. The van der Waals surface area contributed by atoms with Gasteiger partial charge in [-0.3, -0.25) is 4.79 Å². The van der Waals surface area contributed by atoms with E-state index >= 15 is 0 Å². The Labute approximate surface area is 154 Å². The molecule has 3 aromatic rings. The molecule has 0 saturated heterocycles. The number of aldehydes is 1. The van der Waals surface area contributed by atoms with Crippen LogP contribution in [0.5, 0.6) is 23.0 Å². The second-order valence-electron chi connectivity index (χ2n) is 5.64. The first-order chi connectivity index (χ1) is 13.2. The number of rotatable bonds is 5. The summed E-state index contributed by atoms with van der Waals surface area (Å²) in [6, 6.07) is 13.2. The Morgan fingerprint density at radius 1 is 1.04 bits per heavy atom. The Morgan fingerprint density at radius 2 is 1.89 bits per heavy atom. The highest BCUT2D eigenvalue weighted by atomic mass is 16.7. The van der Waals surface area contributed by atoms with E-state index in [4.69, 9.17) is 23.4 Å². The highest BCUT2D eigenvalue weighted by Gasteiger charge is 2.18. The molecule has 0 amide bonds. The number of methoxy groups -OCH3 is 1. The highest BCUT2D eigenvalue weighted by Crippen LogP contribution is 2.39. The Hall–Kier alpha value is -3.74. The molecule has 1 aromatic heterocycles. The second-order valence-corrected chi connectivity index (χ2v) is 5.64. The quantitative estimate of drug-likeness (QED) is 0.497. The Kier molecular flexibility index (Phi) is 4.25. The van der Waals surface area contributed by atoms with Crippen LogP contribution in [0.2, 0.25) is 0 Å². The molecule has 7 heteroatoms. The van der Waals surface area contributed by atoms with Gasteiger partial charge in [0.25, 0.3) is 0 Å². The van der Waals surface area contributed by atoms with Crippen LogP contribution < -0.4 is 14.2 Å². The topological polar surface area (TPSA) is 84.2 Å². The van der Waals surface area contributed by atoms with Gasteiger partial charge in [-0.1, -0.05) is 0 Å². The van der Waals surface area contributed by atoms with Crippen molar-refractivity contribution in [3.8, 4) is 34.3 Å². The zero-order valence-electron chi connectivity index (χ0n) is 14.3. The summed E-state index contributed by atoms with van der Waals surface area (Å²) in [5.41, 5.74) is 0.832. The zero-order chi connectivity index (χ0) is 18.8. The first kappa shape index (κ1) is 16.7. The van der Waals surface area contributed by atoms with Crippen LogP contribution in [0.15, 0.2) is 52.9 Å². The number of carbonyl (C=O) groups excluding carboxylic acids is 2. The normalized spacial score (nSPS) is 11.9. The maximum Gasteiger partial charge on any atom is 0.337 e. The van der Waals surface area contributed by atoms with Gasteiger partial charge < -0.3 is 23.4 Å². The van der Waals surface area contributed by atoms with E-state index in [0.717, 1.165) is 0 Å². The predicted molar refractivity (Wildman–Crippen MR) is 93.5 cm³/mol. The molecule has 0 saturated carbocycles. The molecule has 1 aliphatic heterocycles. The number of ether oxygens (including phenoxy) is 4. The van der Waals surface area contributed by atoms with E-state index in [2.05, 4.69) is 0 Å². The Balaban J connectivity index is 1.74. The predicted octanol–water partition coefficient (Wildman–Crippen LogP) is 4.07. The van der Waals surface area contributed by atoms with Gasteiger partial charge >= 0.3 is 5.97 Å². The summed E-state index contributed by atoms with van der Waals surface area (Å²) in [6.45, 7) is 0.165. The van der Waals surface area contributed by atoms with Crippen molar-refractivity contribution in [2.45, 2.75) is 0 Å². The lowest BCUT2D eigenvalue weighted by Crippen LogP contribution is -2.01. The minimum absolute atomic E-state index is 0.165. The lowest BCUT2D eigenvalue weighted by molar-refractivity contribution is 0.0600. The van der Waals surface area contributed by atoms with Crippen LogP contribution in [-0.4, -0.2) is 26.2 Å². The molecule has 2 aromatic carbocycles. The van der Waals surface area contributed by atoms with E-state index < -0.39 is 5.97 Å². The highest BCUT2D eigenvalue weighted by molar-refractivity contribution is 5.91. The standard InChI is InChI=1S/C20H14O7/c1-23-20(22)12-2-5-16(15(8-12)17-6-4-14(10-21)27-17)26-13-3-7-18-19(9-13)25-11-24-18/h2-10H,11H2,1H3. The van der Waals surface area contributed by atoms with Crippen molar-refractivity contribution in [1.82, 2.24) is 0 Å². The fraction of sp³-hybridized carbons (Fsp3) is 0.100. The SMILES string of the molecule is COC(=O)c1ccc(Oc2ccc3c(c2)OCO3)c(-c2ccc(C=O)o2)c1. The molecule has 0 radical (unpaired) electrons. The van der Waals surface area contributed by atoms with Gasteiger partial charge in [0.2, 0.25) is 6.79 Å². The van der Waals surface area contributed by atoms with E-state index in [1.807, 2.05) is 0 Å². The van der Waals surface area contributed by atoms with Gasteiger partial charge in [-0.2, -0.15) is 0 Å². The number of carbonyl (C=O) groups is 2. The molecule has 0 bridgehead atoms. The van der Waals surface area contributed by atoms with Gasteiger partial charge in [0.05, 0.1) is 18.2 Å². The summed E-state index contributed by atoms with van der Waals surface area (Å²) >= 11 is 0. The van der Waals surface area contributed by atoms with E-state index in [1.165, 1.54) is 13.2 Å². The van der Waals surface area contributed by atoms with Crippen molar-refractivity contribution in [1.29, 1.82) is 0 Å². The number of benzene rings is 2. The average molecular weight is 366 g/mol. The van der Waals surface area contributed by atoms with E-state index in [0.29, 0.717) is 46.2 Å². The maximum atomic E-state index is 11.9. The van der Waals surface area contributed by atoms with Crippen LogP contribution in [-0.2, 0) is 4.74 Å². The minimum Gasteiger partial charge on any atom is -0.465 e. The first-order valence-corrected chi connectivity index (χ1v) is 8.03. The van der Waals surface area contributed by atoms with Gasteiger partial charge in [0.15, 0.2) is 23.5 Å². The van der Waals surface area contributed by atoms with Gasteiger partial charge in [-0.05, 0) is 42.5 Å². The van der Waals surface area contributed by atoms with Crippen LogP contribution >= 0.6 is 0 Å². The molecule has 0 spiro atoms. The minimum atomic E-state index is -0.493. The molecule has 0 aliphatic carbocycles. The van der Waals surface area contributed by atoms with Crippen LogP contribution in [0.3, 0.4) is 0 Å². The molecule has 7 nitrogen and oxygen atoms in total. The molecule has 4 rings (SSSR count). The third-order valence-corrected chi connectivity index (χ3v) is 3.98. The van der Waals surface area contributed by atoms with Crippen molar-refractivity contribution in [3.63, 3.8) is 0 Å². The molecular formula is C20H14O7. The average Bonchev–Trinajstić information content (AvgIpc) is 3.36. The summed E-state index contributed by atoms with van der Waals surface area (Å²) < 4.78 is 26.9. The van der Waals surface area contributed by atoms with Gasteiger partial charge in [0, 0.05) is 6.07 Å². The lowest BCUT2D eigenvalue weighted by Gasteiger charge is -2.11. The largest absolute Gasteiger partial charge is 0.465 e. The smallest absolute Gasteiger partial charge is 0.337 e. The molecule has 0 N–H and O–H groups in total. The molecule has 1 aliphatic rings. The lowest BCUT2D eigenvalue weighted by atomic mass is 10.1.